The maximum absolute atomic E-state index is 13.3. The maximum Gasteiger partial charge on any atom is 0.252 e. The van der Waals surface area contributed by atoms with Crippen LogP contribution in [0, 0.1) is 5.92 Å². The fourth-order valence-electron chi connectivity index (χ4n) is 4.12. The van der Waals surface area contributed by atoms with Gasteiger partial charge in [-0.2, -0.15) is 5.10 Å². The number of nitrogens with zero attached hydrogens (tertiary/aromatic N) is 4. The maximum atomic E-state index is 13.3. The Kier molecular flexibility index (Phi) is 5.29. The molecule has 2 heterocycles. The summed E-state index contributed by atoms with van der Waals surface area (Å²) in [5, 5.41) is 7.58. The molecule has 0 radical (unpaired) electrons. The number of rotatable bonds is 5. The zero-order valence-electron chi connectivity index (χ0n) is 16.0. The number of benzene rings is 1. The Hall–Kier alpha value is -2.50. The van der Waals surface area contributed by atoms with Crippen LogP contribution in [0.4, 0.5) is 8.78 Å². The van der Waals surface area contributed by atoms with Gasteiger partial charge in [0, 0.05) is 57.0 Å². The normalized spacial score (nSPS) is 24.9. The minimum Gasteiger partial charge on any atom is -0.372 e. The van der Waals surface area contributed by atoms with Crippen molar-refractivity contribution in [2.45, 2.75) is 37.5 Å². The first kappa shape index (κ1) is 18.8. The first-order valence-corrected chi connectivity index (χ1v) is 9.92. The molecule has 1 atom stereocenters. The summed E-state index contributed by atoms with van der Waals surface area (Å²) in [4.78, 5) is 4.30. The predicted molar refractivity (Wildman–Crippen MR) is 109 cm³/mol. The smallest absolute Gasteiger partial charge is 0.252 e. The lowest BCUT2D eigenvalue weighted by molar-refractivity contribution is 0.0998. The summed E-state index contributed by atoms with van der Waals surface area (Å²) in [5.41, 5.74) is 2.63. The molecule has 0 N–H and O–H groups in total. The fraction of sp³-hybridized carbons (Fsp3) is 0.455. The van der Waals surface area contributed by atoms with E-state index in [0.717, 1.165) is 25.9 Å². The Labute approximate surface area is 164 Å². The van der Waals surface area contributed by atoms with Gasteiger partial charge in [0.15, 0.2) is 0 Å². The number of alkyl halides is 2. The highest BCUT2D eigenvalue weighted by Gasteiger charge is 2.57. The quantitative estimate of drug-likeness (QED) is 0.421. The van der Waals surface area contributed by atoms with Gasteiger partial charge in [-0.1, -0.05) is 30.3 Å². The molecule has 0 aromatic heterocycles. The molecule has 1 saturated carbocycles. The summed E-state index contributed by atoms with van der Waals surface area (Å²) in [6.07, 6.45) is 8.59. The second kappa shape index (κ2) is 7.86. The highest BCUT2D eigenvalue weighted by molar-refractivity contribution is 5.84. The molecule has 2 fully saturated rings. The van der Waals surface area contributed by atoms with E-state index in [1.54, 1.807) is 0 Å². The molecule has 1 aliphatic carbocycles. The zero-order valence-corrected chi connectivity index (χ0v) is 16.0. The molecule has 4 rings (SSSR count). The van der Waals surface area contributed by atoms with Crippen molar-refractivity contribution in [3.05, 3.63) is 59.9 Å². The molecule has 0 amide bonds. The van der Waals surface area contributed by atoms with Gasteiger partial charge in [-0.3, -0.25) is 0 Å². The Morgan fingerprint density at radius 3 is 2.46 bits per heavy atom. The van der Waals surface area contributed by atoms with Crippen LogP contribution in [0.3, 0.4) is 0 Å². The van der Waals surface area contributed by atoms with Gasteiger partial charge in [0.2, 0.25) is 0 Å². The van der Waals surface area contributed by atoms with Crippen LogP contribution in [0.5, 0.6) is 0 Å². The molecule has 4 nitrogen and oxygen atoms in total. The highest BCUT2D eigenvalue weighted by atomic mass is 19.3. The molecule has 1 unspecified atom stereocenters. The van der Waals surface area contributed by atoms with Gasteiger partial charge in [0.1, 0.15) is 5.84 Å². The van der Waals surface area contributed by atoms with Crippen molar-refractivity contribution in [2.75, 3.05) is 19.6 Å². The van der Waals surface area contributed by atoms with Crippen LogP contribution in [0.15, 0.2) is 64.6 Å². The van der Waals surface area contributed by atoms with Gasteiger partial charge in [0.05, 0.1) is 0 Å². The number of amidine groups is 1. The largest absolute Gasteiger partial charge is 0.372 e. The molecule has 0 spiro atoms. The van der Waals surface area contributed by atoms with Gasteiger partial charge in [-0.15, -0.1) is 5.10 Å². The molecular weight excluding hydrogens is 358 g/mol. The SMILES string of the molecule is C=N/N=C(/CC1CC1(F)F)N1C=CC(N2CCC(c3ccccc3)CC2)=CC1. The van der Waals surface area contributed by atoms with Crippen molar-refractivity contribution >= 4 is 12.6 Å². The standard InChI is InChI=1S/C22H26F2N4/c1-25-26-21(15-19-16-22(19,23)24)28-13-9-20(10-14-28)27-11-7-18(8-12-27)17-5-3-2-4-6-17/h2-6,9-10,13,18-19H,1,7-8,11-12,14-16H2/b26-21-. The topological polar surface area (TPSA) is 31.2 Å². The van der Waals surface area contributed by atoms with Crippen LogP contribution in [0.25, 0.3) is 0 Å². The summed E-state index contributed by atoms with van der Waals surface area (Å²) in [7, 11) is 0. The fourth-order valence-corrected chi connectivity index (χ4v) is 4.12. The van der Waals surface area contributed by atoms with Gasteiger partial charge in [-0.05, 0) is 36.5 Å². The number of piperidine rings is 1. The van der Waals surface area contributed by atoms with Crippen LogP contribution < -0.4 is 0 Å². The predicted octanol–water partition coefficient (Wildman–Crippen LogP) is 4.64. The molecule has 28 heavy (non-hydrogen) atoms. The van der Waals surface area contributed by atoms with Crippen LogP contribution in [-0.2, 0) is 0 Å². The molecule has 6 heteroatoms. The number of halogens is 2. The Balaban J connectivity index is 1.32. The second-order valence-corrected chi connectivity index (χ2v) is 7.79. The van der Waals surface area contributed by atoms with E-state index in [4.69, 9.17) is 0 Å². The van der Waals surface area contributed by atoms with E-state index < -0.39 is 11.8 Å². The molecule has 1 aromatic carbocycles. The lowest BCUT2D eigenvalue weighted by Gasteiger charge is -2.36. The van der Waals surface area contributed by atoms with E-state index in [1.165, 1.54) is 11.3 Å². The number of likely N-dealkylation sites (tertiary alicyclic amines) is 1. The van der Waals surface area contributed by atoms with E-state index in [9.17, 15) is 8.78 Å². The Morgan fingerprint density at radius 2 is 1.89 bits per heavy atom. The number of allylic oxidation sites excluding steroid dienone is 1. The molecule has 1 aromatic rings. The van der Waals surface area contributed by atoms with Crippen LogP contribution in [0.2, 0.25) is 0 Å². The van der Waals surface area contributed by atoms with Crippen molar-refractivity contribution in [1.29, 1.82) is 0 Å². The Bertz CT molecular complexity index is 792. The highest BCUT2D eigenvalue weighted by Crippen LogP contribution is 2.51. The summed E-state index contributed by atoms with van der Waals surface area (Å²) < 4.78 is 26.5. The molecule has 148 valence electrons. The van der Waals surface area contributed by atoms with E-state index in [1.807, 2.05) is 11.1 Å². The summed E-state index contributed by atoms with van der Waals surface area (Å²) in [5.74, 6) is -1.99. The first-order valence-electron chi connectivity index (χ1n) is 9.92. The minimum absolute atomic E-state index is 0.0574. The van der Waals surface area contributed by atoms with Gasteiger partial charge in [-0.25, -0.2) is 8.78 Å². The third kappa shape index (κ3) is 4.16. The molecule has 2 aliphatic heterocycles. The van der Waals surface area contributed by atoms with Crippen molar-refractivity contribution in [2.24, 2.45) is 16.1 Å². The van der Waals surface area contributed by atoms with Crippen LogP contribution in [0.1, 0.15) is 37.2 Å². The molecular formula is C22H26F2N4. The molecule has 3 aliphatic rings. The third-order valence-electron chi connectivity index (χ3n) is 5.96. The summed E-state index contributed by atoms with van der Waals surface area (Å²) in [6, 6.07) is 10.7. The van der Waals surface area contributed by atoms with E-state index in [2.05, 4.69) is 64.3 Å². The zero-order chi connectivity index (χ0) is 19.6. The minimum atomic E-state index is -2.55. The van der Waals surface area contributed by atoms with Crippen molar-refractivity contribution < 1.29 is 8.78 Å². The Morgan fingerprint density at radius 1 is 1.18 bits per heavy atom. The third-order valence-corrected chi connectivity index (χ3v) is 5.96. The summed E-state index contributed by atoms with van der Waals surface area (Å²) >= 11 is 0. The summed E-state index contributed by atoms with van der Waals surface area (Å²) in [6.45, 7) is 6.06. The average Bonchev–Trinajstić information content (AvgIpc) is 3.34. The average molecular weight is 384 g/mol. The van der Waals surface area contributed by atoms with E-state index in [0.29, 0.717) is 18.3 Å². The van der Waals surface area contributed by atoms with Crippen LogP contribution in [-0.4, -0.2) is 47.9 Å². The van der Waals surface area contributed by atoms with Crippen molar-refractivity contribution in [1.82, 2.24) is 9.80 Å². The van der Waals surface area contributed by atoms with Crippen LogP contribution >= 0.6 is 0 Å². The van der Waals surface area contributed by atoms with Gasteiger partial charge in [0.25, 0.3) is 5.92 Å². The van der Waals surface area contributed by atoms with E-state index in [-0.39, 0.29) is 12.8 Å². The molecule has 1 saturated heterocycles. The second-order valence-electron chi connectivity index (χ2n) is 7.79. The van der Waals surface area contributed by atoms with Crippen molar-refractivity contribution in [3.8, 4) is 0 Å². The van der Waals surface area contributed by atoms with E-state index >= 15 is 0 Å². The van der Waals surface area contributed by atoms with Gasteiger partial charge < -0.3 is 9.80 Å². The van der Waals surface area contributed by atoms with Gasteiger partial charge >= 0.3 is 0 Å². The monoisotopic (exact) mass is 384 g/mol. The lowest BCUT2D eigenvalue weighted by atomic mass is 9.89. The number of hydrogen-bond donors (Lipinski definition) is 0. The number of hydrogen-bond acceptors (Lipinski definition) is 3. The lowest BCUT2D eigenvalue weighted by Crippen LogP contribution is -2.35. The van der Waals surface area contributed by atoms with Crippen molar-refractivity contribution in [3.63, 3.8) is 0 Å². The molecule has 0 bridgehead atoms. The first-order chi connectivity index (χ1) is 13.6.